The molecule has 4 nitrogen and oxygen atoms in total. The fourth-order valence-electron chi connectivity index (χ4n) is 1.92. The van der Waals surface area contributed by atoms with E-state index in [1.165, 1.54) is 0 Å². The van der Waals surface area contributed by atoms with Crippen molar-refractivity contribution in [2.45, 2.75) is 13.8 Å². The number of hydrogen-bond acceptors (Lipinski definition) is 4. The van der Waals surface area contributed by atoms with E-state index in [1.807, 2.05) is 0 Å². The predicted octanol–water partition coefficient (Wildman–Crippen LogP) is 3.44. The highest BCUT2D eigenvalue weighted by Gasteiger charge is 2.26. The minimum atomic E-state index is -3.25. The molecule has 102 valence electrons. The normalized spacial score (nSPS) is 11.9. The molecule has 2 aromatic rings. The molecule has 2 rings (SSSR count). The van der Waals surface area contributed by atoms with Crippen LogP contribution in [-0.4, -0.2) is 18.3 Å². The van der Waals surface area contributed by atoms with Gasteiger partial charge in [0.2, 0.25) is 0 Å². The summed E-state index contributed by atoms with van der Waals surface area (Å²) < 4.78 is 23.3. The molecule has 5 heteroatoms. The standard InChI is InChI=1S/C14H17O4P/c1-3-17-19(16,18-4-2)14-8-6-11-9-13(15)7-5-12(11)10-14/h5-10,15H,3-4H2,1-2H3. The first-order valence-corrected chi connectivity index (χ1v) is 7.76. The van der Waals surface area contributed by atoms with Gasteiger partial charge in [-0.1, -0.05) is 12.1 Å². The summed E-state index contributed by atoms with van der Waals surface area (Å²) in [5.74, 6) is 0.207. The molecule has 0 saturated heterocycles. The van der Waals surface area contributed by atoms with E-state index in [9.17, 15) is 9.67 Å². The van der Waals surface area contributed by atoms with Gasteiger partial charge in [0.05, 0.1) is 18.5 Å². The summed E-state index contributed by atoms with van der Waals surface area (Å²) in [6.45, 7) is 4.21. The van der Waals surface area contributed by atoms with Crippen LogP contribution in [0, 0.1) is 0 Å². The molecule has 0 saturated carbocycles. The molecule has 0 radical (unpaired) electrons. The van der Waals surface area contributed by atoms with E-state index >= 15 is 0 Å². The lowest BCUT2D eigenvalue weighted by Crippen LogP contribution is -2.10. The first-order valence-electron chi connectivity index (χ1n) is 6.21. The van der Waals surface area contributed by atoms with E-state index < -0.39 is 7.60 Å². The second kappa shape index (κ2) is 5.74. The Hall–Kier alpha value is -1.35. The molecule has 0 heterocycles. The summed E-state index contributed by atoms with van der Waals surface area (Å²) in [4.78, 5) is 0. The van der Waals surface area contributed by atoms with Gasteiger partial charge in [-0.15, -0.1) is 0 Å². The van der Waals surface area contributed by atoms with Crippen molar-refractivity contribution in [2.75, 3.05) is 13.2 Å². The van der Waals surface area contributed by atoms with Gasteiger partial charge in [0, 0.05) is 0 Å². The third-order valence-electron chi connectivity index (χ3n) is 2.72. The highest BCUT2D eigenvalue weighted by atomic mass is 31.2. The molecule has 0 spiro atoms. The summed E-state index contributed by atoms with van der Waals surface area (Å²) in [6.07, 6.45) is 0. The van der Waals surface area contributed by atoms with Crippen LogP contribution >= 0.6 is 7.60 Å². The Morgan fingerprint density at radius 1 is 1.00 bits per heavy atom. The van der Waals surface area contributed by atoms with E-state index in [1.54, 1.807) is 50.2 Å². The minimum Gasteiger partial charge on any atom is -0.508 e. The van der Waals surface area contributed by atoms with Gasteiger partial charge in [-0.2, -0.15) is 0 Å². The minimum absolute atomic E-state index is 0.207. The molecule has 0 aliphatic rings. The van der Waals surface area contributed by atoms with E-state index in [-0.39, 0.29) is 5.75 Å². The van der Waals surface area contributed by atoms with Crippen LogP contribution in [0.2, 0.25) is 0 Å². The molecular weight excluding hydrogens is 263 g/mol. The Labute approximate surface area is 112 Å². The quantitative estimate of drug-likeness (QED) is 0.852. The zero-order chi connectivity index (χ0) is 13.9. The first-order chi connectivity index (χ1) is 9.09. The van der Waals surface area contributed by atoms with E-state index in [4.69, 9.17) is 9.05 Å². The molecule has 0 atom stereocenters. The SMILES string of the molecule is CCOP(=O)(OCC)c1ccc2cc(O)ccc2c1. The Morgan fingerprint density at radius 2 is 1.58 bits per heavy atom. The Kier molecular flexibility index (Phi) is 4.25. The van der Waals surface area contributed by atoms with Crippen molar-refractivity contribution in [1.82, 2.24) is 0 Å². The molecule has 0 amide bonds. The average molecular weight is 280 g/mol. The number of rotatable bonds is 5. The molecule has 0 aliphatic heterocycles. The van der Waals surface area contributed by atoms with Crippen LogP contribution in [0.15, 0.2) is 36.4 Å². The van der Waals surface area contributed by atoms with Crippen molar-refractivity contribution >= 4 is 23.7 Å². The first kappa shape index (κ1) is 14.1. The third kappa shape index (κ3) is 2.98. The lowest BCUT2D eigenvalue weighted by atomic mass is 10.1. The summed E-state index contributed by atoms with van der Waals surface area (Å²) in [5.41, 5.74) is 0. The number of aromatic hydroxyl groups is 1. The molecule has 2 aromatic carbocycles. The second-order valence-electron chi connectivity index (χ2n) is 4.05. The highest BCUT2D eigenvalue weighted by Crippen LogP contribution is 2.47. The number of phenolic OH excluding ortho intramolecular Hbond substituents is 1. The van der Waals surface area contributed by atoms with Crippen LogP contribution in [-0.2, 0) is 13.6 Å². The van der Waals surface area contributed by atoms with Crippen molar-refractivity contribution in [3.63, 3.8) is 0 Å². The second-order valence-corrected chi connectivity index (χ2v) is 6.08. The highest BCUT2D eigenvalue weighted by molar-refractivity contribution is 7.62. The monoisotopic (exact) mass is 280 g/mol. The van der Waals surface area contributed by atoms with Gasteiger partial charge in [-0.25, -0.2) is 0 Å². The lowest BCUT2D eigenvalue weighted by Gasteiger charge is -2.17. The Bertz CT molecular complexity index is 614. The Morgan fingerprint density at radius 3 is 2.21 bits per heavy atom. The topological polar surface area (TPSA) is 55.8 Å². The zero-order valence-electron chi connectivity index (χ0n) is 11.0. The maximum atomic E-state index is 12.6. The van der Waals surface area contributed by atoms with E-state index in [2.05, 4.69) is 0 Å². The lowest BCUT2D eigenvalue weighted by molar-refractivity contribution is 0.230. The molecule has 0 fully saturated rings. The molecule has 19 heavy (non-hydrogen) atoms. The average Bonchev–Trinajstić information content (AvgIpc) is 2.38. The van der Waals surface area contributed by atoms with Gasteiger partial charge in [0.15, 0.2) is 0 Å². The number of fused-ring (bicyclic) bond motifs is 1. The zero-order valence-corrected chi connectivity index (χ0v) is 11.9. The smallest absolute Gasteiger partial charge is 0.361 e. The van der Waals surface area contributed by atoms with Gasteiger partial charge in [0.25, 0.3) is 0 Å². The van der Waals surface area contributed by atoms with E-state index in [0.717, 1.165) is 10.8 Å². The molecule has 0 aromatic heterocycles. The molecular formula is C14H17O4P. The van der Waals surface area contributed by atoms with Crippen molar-refractivity contribution < 1.29 is 18.7 Å². The van der Waals surface area contributed by atoms with E-state index in [0.29, 0.717) is 18.5 Å². The van der Waals surface area contributed by atoms with Crippen LogP contribution in [0.4, 0.5) is 0 Å². The fourth-order valence-corrected chi connectivity index (χ4v) is 3.52. The summed E-state index contributed by atoms with van der Waals surface area (Å²) >= 11 is 0. The number of hydrogen-bond donors (Lipinski definition) is 1. The number of phenols is 1. The molecule has 1 N–H and O–H groups in total. The van der Waals surface area contributed by atoms with Gasteiger partial charge in [-0.05, 0) is 48.9 Å². The summed E-state index contributed by atoms with van der Waals surface area (Å²) in [6, 6.07) is 10.3. The van der Waals surface area contributed by atoms with Crippen molar-refractivity contribution in [3.05, 3.63) is 36.4 Å². The van der Waals surface area contributed by atoms with Crippen molar-refractivity contribution in [2.24, 2.45) is 0 Å². The van der Waals surface area contributed by atoms with Gasteiger partial charge in [-0.3, -0.25) is 4.57 Å². The van der Waals surface area contributed by atoms with Gasteiger partial charge >= 0.3 is 7.60 Å². The molecule has 0 aliphatic carbocycles. The van der Waals surface area contributed by atoms with Crippen LogP contribution in [0.5, 0.6) is 5.75 Å². The van der Waals surface area contributed by atoms with Crippen LogP contribution < -0.4 is 5.30 Å². The molecule has 0 unspecified atom stereocenters. The fraction of sp³-hybridized carbons (Fsp3) is 0.286. The van der Waals surface area contributed by atoms with Crippen LogP contribution in [0.1, 0.15) is 13.8 Å². The summed E-state index contributed by atoms with van der Waals surface area (Å²) in [5, 5.41) is 11.7. The largest absolute Gasteiger partial charge is 0.508 e. The van der Waals surface area contributed by atoms with Gasteiger partial charge in [0.1, 0.15) is 5.75 Å². The number of benzene rings is 2. The predicted molar refractivity (Wildman–Crippen MR) is 76.1 cm³/mol. The van der Waals surface area contributed by atoms with Crippen molar-refractivity contribution in [3.8, 4) is 5.75 Å². The van der Waals surface area contributed by atoms with Crippen LogP contribution in [0.3, 0.4) is 0 Å². The maximum absolute atomic E-state index is 12.6. The maximum Gasteiger partial charge on any atom is 0.361 e. The van der Waals surface area contributed by atoms with Crippen LogP contribution in [0.25, 0.3) is 10.8 Å². The van der Waals surface area contributed by atoms with Crippen molar-refractivity contribution in [1.29, 1.82) is 0 Å². The Balaban J connectivity index is 2.49. The molecule has 0 bridgehead atoms. The third-order valence-corrected chi connectivity index (χ3v) is 4.83. The van der Waals surface area contributed by atoms with Gasteiger partial charge < -0.3 is 14.2 Å². The summed E-state index contributed by atoms with van der Waals surface area (Å²) in [7, 11) is -3.25.